The molecule has 1 aromatic rings. The van der Waals surface area contributed by atoms with E-state index in [1.54, 1.807) is 38.1 Å². The number of hydrogen-bond donors (Lipinski definition) is 1. The molecule has 1 N–H and O–H groups in total. The second-order valence-electron chi connectivity index (χ2n) is 4.57. The number of para-hydroxylation sites is 1. The number of carbonyl (C=O) groups is 1. The Kier molecular flexibility index (Phi) is 5.19. The van der Waals surface area contributed by atoms with Crippen LogP contribution in [0.3, 0.4) is 0 Å². The van der Waals surface area contributed by atoms with Crippen molar-refractivity contribution in [2.75, 3.05) is 11.4 Å². The zero-order valence-corrected chi connectivity index (χ0v) is 11.2. The first-order chi connectivity index (χ1) is 9.20. The SMILES string of the molecule is CC(C)N(CC(F)(F)F)c1ccccc1C=CC(=O)O. The molecular formula is C14H16F3NO2. The smallest absolute Gasteiger partial charge is 0.405 e. The molecule has 0 bridgehead atoms. The second kappa shape index (κ2) is 6.45. The third-order valence-electron chi connectivity index (χ3n) is 2.62. The molecule has 0 unspecified atom stereocenters. The summed E-state index contributed by atoms with van der Waals surface area (Å²) in [5, 5.41) is 8.62. The van der Waals surface area contributed by atoms with Crippen LogP contribution < -0.4 is 4.90 Å². The van der Waals surface area contributed by atoms with Gasteiger partial charge in [0.2, 0.25) is 0 Å². The van der Waals surface area contributed by atoms with Crippen LogP contribution in [0.4, 0.5) is 18.9 Å². The second-order valence-corrected chi connectivity index (χ2v) is 4.57. The molecule has 0 aliphatic rings. The minimum absolute atomic E-state index is 0.359. The van der Waals surface area contributed by atoms with Crippen molar-refractivity contribution in [1.82, 2.24) is 0 Å². The summed E-state index contributed by atoms with van der Waals surface area (Å²) in [5.74, 6) is -1.15. The first-order valence-corrected chi connectivity index (χ1v) is 6.04. The van der Waals surface area contributed by atoms with E-state index in [0.29, 0.717) is 11.3 Å². The lowest BCUT2D eigenvalue weighted by Crippen LogP contribution is -2.39. The van der Waals surface area contributed by atoms with Crippen molar-refractivity contribution in [2.45, 2.75) is 26.1 Å². The number of hydrogen-bond acceptors (Lipinski definition) is 2. The largest absolute Gasteiger partial charge is 0.478 e. The zero-order valence-electron chi connectivity index (χ0n) is 11.2. The lowest BCUT2D eigenvalue weighted by atomic mass is 10.1. The maximum atomic E-state index is 12.6. The standard InChI is InChI=1S/C14H16F3NO2/c1-10(2)18(9-14(15,16)17)12-6-4-3-5-11(12)7-8-13(19)20/h3-8,10H,9H2,1-2H3,(H,19,20). The fourth-order valence-electron chi connectivity index (χ4n) is 1.79. The van der Waals surface area contributed by atoms with Crippen LogP contribution in [-0.4, -0.2) is 29.8 Å². The topological polar surface area (TPSA) is 40.5 Å². The van der Waals surface area contributed by atoms with Crippen molar-refractivity contribution >= 4 is 17.7 Å². The predicted octanol–water partition coefficient (Wildman–Crippen LogP) is 3.56. The Morgan fingerprint density at radius 3 is 2.45 bits per heavy atom. The van der Waals surface area contributed by atoms with Gasteiger partial charge in [-0.25, -0.2) is 4.79 Å². The Labute approximate surface area is 115 Å². The molecule has 0 spiro atoms. The van der Waals surface area contributed by atoms with Crippen LogP contribution in [0.1, 0.15) is 19.4 Å². The molecule has 0 aliphatic carbocycles. The van der Waals surface area contributed by atoms with Gasteiger partial charge in [0, 0.05) is 17.8 Å². The molecular weight excluding hydrogens is 271 g/mol. The molecule has 1 rings (SSSR count). The molecule has 0 radical (unpaired) electrons. The Morgan fingerprint density at radius 2 is 1.95 bits per heavy atom. The average molecular weight is 287 g/mol. The zero-order chi connectivity index (χ0) is 15.3. The van der Waals surface area contributed by atoms with Crippen molar-refractivity contribution in [3.05, 3.63) is 35.9 Å². The number of halogens is 3. The molecule has 0 fully saturated rings. The third kappa shape index (κ3) is 4.95. The lowest BCUT2D eigenvalue weighted by Gasteiger charge is -2.31. The highest BCUT2D eigenvalue weighted by molar-refractivity contribution is 5.87. The molecule has 0 saturated carbocycles. The van der Waals surface area contributed by atoms with E-state index in [0.717, 1.165) is 6.08 Å². The average Bonchev–Trinajstić information content (AvgIpc) is 2.32. The normalized spacial score (nSPS) is 12.1. The van der Waals surface area contributed by atoms with Crippen LogP contribution >= 0.6 is 0 Å². The van der Waals surface area contributed by atoms with Gasteiger partial charge in [-0.2, -0.15) is 13.2 Å². The van der Waals surface area contributed by atoms with Crippen LogP contribution in [0.2, 0.25) is 0 Å². The Bertz CT molecular complexity index is 495. The minimum Gasteiger partial charge on any atom is -0.478 e. The summed E-state index contributed by atoms with van der Waals surface area (Å²) < 4.78 is 37.9. The van der Waals surface area contributed by atoms with E-state index in [1.165, 1.54) is 11.0 Å². The summed E-state index contributed by atoms with van der Waals surface area (Å²) in [4.78, 5) is 11.7. The highest BCUT2D eigenvalue weighted by Gasteiger charge is 2.32. The first kappa shape index (κ1) is 16.1. The van der Waals surface area contributed by atoms with Crippen molar-refractivity contribution in [1.29, 1.82) is 0 Å². The summed E-state index contributed by atoms with van der Waals surface area (Å²) in [7, 11) is 0. The molecule has 6 heteroatoms. The van der Waals surface area contributed by atoms with Gasteiger partial charge < -0.3 is 10.0 Å². The minimum atomic E-state index is -4.33. The molecule has 0 aromatic heterocycles. The molecule has 3 nitrogen and oxygen atoms in total. The van der Waals surface area contributed by atoms with Gasteiger partial charge in [0.25, 0.3) is 0 Å². The maximum absolute atomic E-state index is 12.6. The summed E-state index contributed by atoms with van der Waals surface area (Å²) in [6, 6.07) is 6.04. The number of carboxylic acids is 1. The number of alkyl halides is 3. The van der Waals surface area contributed by atoms with Crippen LogP contribution in [0, 0.1) is 0 Å². The molecule has 0 amide bonds. The maximum Gasteiger partial charge on any atom is 0.405 e. The summed E-state index contributed by atoms with van der Waals surface area (Å²) in [5.41, 5.74) is 0.796. The molecule has 0 atom stereocenters. The molecule has 1 aromatic carbocycles. The summed E-state index contributed by atoms with van der Waals surface area (Å²) >= 11 is 0. The summed E-state index contributed by atoms with van der Waals surface area (Å²) in [6.45, 7) is 2.23. The number of anilines is 1. The number of carboxylic acid groups (broad SMARTS) is 1. The molecule has 0 heterocycles. The third-order valence-corrected chi connectivity index (χ3v) is 2.62. The Morgan fingerprint density at radius 1 is 1.35 bits per heavy atom. The van der Waals surface area contributed by atoms with Gasteiger partial charge >= 0.3 is 12.1 Å². The first-order valence-electron chi connectivity index (χ1n) is 6.04. The quantitative estimate of drug-likeness (QED) is 0.842. The monoisotopic (exact) mass is 287 g/mol. The van der Waals surface area contributed by atoms with Crippen molar-refractivity contribution < 1.29 is 23.1 Å². The number of benzene rings is 1. The lowest BCUT2D eigenvalue weighted by molar-refractivity contribution is -0.131. The van der Waals surface area contributed by atoms with E-state index in [-0.39, 0.29) is 6.04 Å². The van der Waals surface area contributed by atoms with E-state index in [1.807, 2.05) is 0 Å². The number of nitrogens with zero attached hydrogens (tertiary/aromatic N) is 1. The number of rotatable bonds is 5. The van der Waals surface area contributed by atoms with Crippen molar-refractivity contribution in [3.63, 3.8) is 0 Å². The van der Waals surface area contributed by atoms with E-state index >= 15 is 0 Å². The van der Waals surface area contributed by atoms with E-state index in [2.05, 4.69) is 0 Å². The van der Waals surface area contributed by atoms with Gasteiger partial charge in [0.1, 0.15) is 6.54 Å². The van der Waals surface area contributed by atoms with Crippen LogP contribution in [0.5, 0.6) is 0 Å². The van der Waals surface area contributed by atoms with Gasteiger partial charge in [-0.1, -0.05) is 18.2 Å². The van der Waals surface area contributed by atoms with Gasteiger partial charge in [0.05, 0.1) is 0 Å². The van der Waals surface area contributed by atoms with Crippen molar-refractivity contribution in [2.24, 2.45) is 0 Å². The van der Waals surface area contributed by atoms with E-state index in [9.17, 15) is 18.0 Å². The van der Waals surface area contributed by atoms with E-state index in [4.69, 9.17) is 5.11 Å². The summed E-state index contributed by atoms with van der Waals surface area (Å²) in [6.07, 6.45) is -2.12. The fraction of sp³-hybridized carbons (Fsp3) is 0.357. The molecule has 110 valence electrons. The Hall–Kier alpha value is -1.98. The molecule has 20 heavy (non-hydrogen) atoms. The van der Waals surface area contributed by atoms with E-state index < -0.39 is 18.7 Å². The fourth-order valence-corrected chi connectivity index (χ4v) is 1.79. The van der Waals surface area contributed by atoms with Gasteiger partial charge in [-0.3, -0.25) is 0 Å². The van der Waals surface area contributed by atoms with Gasteiger partial charge in [0.15, 0.2) is 0 Å². The van der Waals surface area contributed by atoms with Crippen molar-refractivity contribution in [3.8, 4) is 0 Å². The van der Waals surface area contributed by atoms with Crippen LogP contribution in [0.25, 0.3) is 6.08 Å². The molecule has 0 saturated heterocycles. The van der Waals surface area contributed by atoms with Gasteiger partial charge in [-0.05, 0) is 31.6 Å². The van der Waals surface area contributed by atoms with Crippen LogP contribution in [-0.2, 0) is 4.79 Å². The molecule has 0 aliphatic heterocycles. The predicted molar refractivity (Wildman–Crippen MR) is 71.6 cm³/mol. The Balaban J connectivity index is 3.17. The highest BCUT2D eigenvalue weighted by atomic mass is 19.4. The highest BCUT2D eigenvalue weighted by Crippen LogP contribution is 2.28. The number of aliphatic carboxylic acids is 1. The van der Waals surface area contributed by atoms with Crippen LogP contribution in [0.15, 0.2) is 30.3 Å². The van der Waals surface area contributed by atoms with Gasteiger partial charge in [-0.15, -0.1) is 0 Å².